The van der Waals surface area contributed by atoms with Crippen LogP contribution in [0.2, 0.25) is 5.02 Å². The van der Waals surface area contributed by atoms with Crippen LogP contribution < -0.4 is 11.1 Å². The summed E-state index contributed by atoms with van der Waals surface area (Å²) in [5.74, 6) is 0. The van der Waals surface area contributed by atoms with Crippen molar-refractivity contribution in [1.82, 2.24) is 0 Å². The quantitative estimate of drug-likeness (QED) is 0.811. The summed E-state index contributed by atoms with van der Waals surface area (Å²) >= 11 is 6.09. The van der Waals surface area contributed by atoms with E-state index in [1.165, 1.54) is 12.8 Å². The number of hydrogen-bond acceptors (Lipinski definition) is 2. The summed E-state index contributed by atoms with van der Waals surface area (Å²) in [5.41, 5.74) is 7.07. The summed E-state index contributed by atoms with van der Waals surface area (Å²) in [4.78, 5) is 0. The molecule has 0 aromatic heterocycles. The maximum atomic E-state index is 6.09. The van der Waals surface area contributed by atoms with Crippen molar-refractivity contribution in [2.24, 2.45) is 5.73 Å². The van der Waals surface area contributed by atoms with Crippen molar-refractivity contribution >= 4 is 17.3 Å². The third kappa shape index (κ3) is 2.64. The number of nitrogens with one attached hydrogen (secondary N) is 1. The number of para-hydroxylation sites is 1. The Labute approximate surface area is 95.8 Å². The number of rotatable bonds is 2. The van der Waals surface area contributed by atoms with Gasteiger partial charge in [0.25, 0.3) is 0 Å². The Bertz CT molecular complexity index is 327. The zero-order chi connectivity index (χ0) is 10.7. The topological polar surface area (TPSA) is 38.0 Å². The summed E-state index contributed by atoms with van der Waals surface area (Å²) in [6.45, 7) is 0. The molecule has 0 heterocycles. The summed E-state index contributed by atoms with van der Waals surface area (Å²) in [6, 6.07) is 8.47. The van der Waals surface area contributed by atoms with Crippen molar-refractivity contribution in [1.29, 1.82) is 0 Å². The van der Waals surface area contributed by atoms with Crippen molar-refractivity contribution in [3.8, 4) is 0 Å². The van der Waals surface area contributed by atoms with Crippen molar-refractivity contribution in [2.75, 3.05) is 5.32 Å². The van der Waals surface area contributed by atoms with E-state index in [4.69, 9.17) is 17.3 Å². The summed E-state index contributed by atoms with van der Waals surface area (Å²) in [6.07, 6.45) is 4.77. The molecular formula is C12H17ClN2. The lowest BCUT2D eigenvalue weighted by Crippen LogP contribution is -2.42. The first-order chi connectivity index (χ1) is 7.27. The highest BCUT2D eigenvalue weighted by Crippen LogP contribution is 2.25. The normalized spacial score (nSPS) is 26.3. The third-order valence-corrected chi connectivity index (χ3v) is 3.36. The zero-order valence-corrected chi connectivity index (χ0v) is 9.50. The van der Waals surface area contributed by atoms with E-state index in [2.05, 4.69) is 5.32 Å². The summed E-state index contributed by atoms with van der Waals surface area (Å²) in [7, 11) is 0. The van der Waals surface area contributed by atoms with E-state index in [-0.39, 0.29) is 6.04 Å². The van der Waals surface area contributed by atoms with E-state index in [0.29, 0.717) is 6.04 Å². The molecule has 2 atom stereocenters. The lowest BCUT2D eigenvalue weighted by atomic mass is 9.91. The Hall–Kier alpha value is -0.730. The maximum absolute atomic E-state index is 6.09. The molecule has 1 aromatic carbocycles. The molecule has 82 valence electrons. The van der Waals surface area contributed by atoms with Crippen LogP contribution in [0, 0.1) is 0 Å². The van der Waals surface area contributed by atoms with E-state index in [1.807, 2.05) is 24.3 Å². The average molecular weight is 225 g/mol. The van der Waals surface area contributed by atoms with E-state index >= 15 is 0 Å². The van der Waals surface area contributed by atoms with Gasteiger partial charge in [0.1, 0.15) is 0 Å². The first kappa shape index (κ1) is 10.8. The van der Waals surface area contributed by atoms with Gasteiger partial charge >= 0.3 is 0 Å². The first-order valence-corrected chi connectivity index (χ1v) is 5.92. The monoisotopic (exact) mass is 224 g/mol. The third-order valence-electron chi connectivity index (χ3n) is 3.03. The van der Waals surface area contributed by atoms with Gasteiger partial charge in [-0.05, 0) is 25.0 Å². The molecule has 1 fully saturated rings. The molecule has 3 heteroatoms. The minimum absolute atomic E-state index is 0.259. The summed E-state index contributed by atoms with van der Waals surface area (Å²) in [5, 5.41) is 4.22. The standard InChI is InChI=1S/C12H17ClN2/c13-9-5-1-3-7-11(9)15-12-8-4-2-6-10(12)14/h1,3,5,7,10,12,15H,2,4,6,8,14H2. The van der Waals surface area contributed by atoms with Crippen molar-refractivity contribution in [3.63, 3.8) is 0 Å². The molecule has 0 radical (unpaired) electrons. The Morgan fingerprint density at radius 2 is 1.93 bits per heavy atom. The van der Waals surface area contributed by atoms with Crippen LogP contribution in [-0.2, 0) is 0 Å². The molecule has 1 aliphatic carbocycles. The van der Waals surface area contributed by atoms with Gasteiger partial charge < -0.3 is 11.1 Å². The molecular weight excluding hydrogens is 208 g/mol. The molecule has 0 bridgehead atoms. The molecule has 0 spiro atoms. The van der Waals surface area contributed by atoms with Crippen LogP contribution in [0.15, 0.2) is 24.3 Å². The van der Waals surface area contributed by atoms with Gasteiger partial charge in [0.2, 0.25) is 0 Å². The van der Waals surface area contributed by atoms with Gasteiger partial charge in [0, 0.05) is 12.1 Å². The SMILES string of the molecule is NC1CCCCC1Nc1ccccc1Cl. The lowest BCUT2D eigenvalue weighted by Gasteiger charge is -2.30. The molecule has 0 amide bonds. The Morgan fingerprint density at radius 3 is 2.67 bits per heavy atom. The van der Waals surface area contributed by atoms with E-state index in [9.17, 15) is 0 Å². The van der Waals surface area contributed by atoms with Gasteiger partial charge in [0.15, 0.2) is 0 Å². The minimum atomic E-state index is 0.259. The maximum Gasteiger partial charge on any atom is 0.0637 e. The molecule has 2 nitrogen and oxygen atoms in total. The van der Waals surface area contributed by atoms with E-state index in [1.54, 1.807) is 0 Å². The molecule has 1 aromatic rings. The van der Waals surface area contributed by atoms with Crippen LogP contribution in [0.25, 0.3) is 0 Å². The fourth-order valence-corrected chi connectivity index (χ4v) is 2.31. The Balaban J connectivity index is 2.04. The van der Waals surface area contributed by atoms with Gasteiger partial charge in [-0.15, -0.1) is 0 Å². The second-order valence-electron chi connectivity index (χ2n) is 4.18. The zero-order valence-electron chi connectivity index (χ0n) is 8.75. The smallest absolute Gasteiger partial charge is 0.0637 e. The van der Waals surface area contributed by atoms with Crippen LogP contribution in [0.5, 0.6) is 0 Å². The number of anilines is 1. The number of benzene rings is 1. The molecule has 0 aliphatic heterocycles. The second-order valence-corrected chi connectivity index (χ2v) is 4.59. The Morgan fingerprint density at radius 1 is 1.20 bits per heavy atom. The largest absolute Gasteiger partial charge is 0.380 e. The van der Waals surface area contributed by atoms with Crippen LogP contribution in [0.4, 0.5) is 5.69 Å². The van der Waals surface area contributed by atoms with Crippen LogP contribution in [-0.4, -0.2) is 12.1 Å². The first-order valence-electron chi connectivity index (χ1n) is 5.54. The van der Waals surface area contributed by atoms with E-state index < -0.39 is 0 Å². The highest BCUT2D eigenvalue weighted by atomic mass is 35.5. The fourth-order valence-electron chi connectivity index (χ4n) is 2.12. The van der Waals surface area contributed by atoms with Crippen molar-refractivity contribution in [2.45, 2.75) is 37.8 Å². The highest BCUT2D eigenvalue weighted by Gasteiger charge is 2.21. The Kier molecular flexibility index (Phi) is 3.49. The highest BCUT2D eigenvalue weighted by molar-refractivity contribution is 6.33. The molecule has 15 heavy (non-hydrogen) atoms. The van der Waals surface area contributed by atoms with Crippen molar-refractivity contribution in [3.05, 3.63) is 29.3 Å². The fraction of sp³-hybridized carbons (Fsp3) is 0.500. The predicted octanol–water partition coefficient (Wildman–Crippen LogP) is 3.02. The molecule has 3 N–H and O–H groups in total. The van der Waals surface area contributed by atoms with Gasteiger partial charge in [-0.25, -0.2) is 0 Å². The molecule has 2 unspecified atom stereocenters. The molecule has 1 aliphatic rings. The van der Waals surface area contributed by atoms with Gasteiger partial charge in [0.05, 0.1) is 10.7 Å². The molecule has 2 rings (SSSR count). The lowest BCUT2D eigenvalue weighted by molar-refractivity contribution is 0.404. The summed E-state index contributed by atoms with van der Waals surface area (Å²) < 4.78 is 0. The van der Waals surface area contributed by atoms with Crippen molar-refractivity contribution < 1.29 is 0 Å². The van der Waals surface area contributed by atoms with Gasteiger partial charge in [-0.1, -0.05) is 36.6 Å². The molecule has 0 saturated heterocycles. The second kappa shape index (κ2) is 4.86. The van der Waals surface area contributed by atoms with Crippen LogP contribution >= 0.6 is 11.6 Å². The minimum Gasteiger partial charge on any atom is -0.380 e. The van der Waals surface area contributed by atoms with Crippen LogP contribution in [0.3, 0.4) is 0 Å². The van der Waals surface area contributed by atoms with Gasteiger partial charge in [-0.3, -0.25) is 0 Å². The van der Waals surface area contributed by atoms with Gasteiger partial charge in [-0.2, -0.15) is 0 Å². The van der Waals surface area contributed by atoms with Crippen LogP contribution in [0.1, 0.15) is 25.7 Å². The number of nitrogens with two attached hydrogens (primary N) is 1. The van der Waals surface area contributed by atoms with E-state index in [0.717, 1.165) is 23.6 Å². The number of halogens is 1. The predicted molar refractivity (Wildman–Crippen MR) is 65.3 cm³/mol. The number of hydrogen-bond donors (Lipinski definition) is 2. The average Bonchev–Trinajstić information content (AvgIpc) is 2.24. The molecule has 1 saturated carbocycles.